The highest BCUT2D eigenvalue weighted by Crippen LogP contribution is 2.30. The summed E-state index contributed by atoms with van der Waals surface area (Å²) in [5, 5.41) is 4.96. The van der Waals surface area contributed by atoms with Crippen molar-refractivity contribution >= 4 is 28.8 Å². The Morgan fingerprint density at radius 2 is 2.00 bits per heavy atom. The van der Waals surface area contributed by atoms with Crippen LogP contribution in [0, 0.1) is 0 Å². The molecule has 4 nitrogen and oxygen atoms in total. The summed E-state index contributed by atoms with van der Waals surface area (Å²) in [4.78, 5) is 11.7. The predicted octanol–water partition coefficient (Wildman–Crippen LogP) is 3.35. The molecule has 0 saturated heterocycles. The molecule has 0 radical (unpaired) electrons. The number of amides is 1. The van der Waals surface area contributed by atoms with Crippen molar-refractivity contribution in [1.82, 2.24) is 5.32 Å². The van der Waals surface area contributed by atoms with Gasteiger partial charge in [0, 0.05) is 5.69 Å². The van der Waals surface area contributed by atoms with Crippen LogP contribution in [0.15, 0.2) is 47.1 Å². The van der Waals surface area contributed by atoms with Crippen molar-refractivity contribution in [3.63, 3.8) is 0 Å². The SMILES string of the molecule is O=C(Nc1cccc(C(F)(F)F)c1)C(=S)NCc1ccco1. The monoisotopic (exact) mass is 328 g/mol. The summed E-state index contributed by atoms with van der Waals surface area (Å²) in [7, 11) is 0. The molecule has 0 aliphatic rings. The van der Waals surface area contributed by atoms with Crippen LogP contribution in [0.2, 0.25) is 0 Å². The van der Waals surface area contributed by atoms with E-state index in [0.717, 1.165) is 12.1 Å². The van der Waals surface area contributed by atoms with Crippen molar-refractivity contribution in [2.45, 2.75) is 12.7 Å². The molecule has 0 unspecified atom stereocenters. The lowest BCUT2D eigenvalue weighted by molar-refractivity contribution is -0.137. The van der Waals surface area contributed by atoms with Gasteiger partial charge in [0.05, 0.1) is 18.4 Å². The molecule has 0 aliphatic heterocycles. The van der Waals surface area contributed by atoms with Crippen LogP contribution in [0.3, 0.4) is 0 Å². The van der Waals surface area contributed by atoms with Crippen LogP contribution < -0.4 is 10.6 Å². The third-order valence-corrected chi connectivity index (χ3v) is 2.99. The van der Waals surface area contributed by atoms with E-state index in [1.54, 1.807) is 12.1 Å². The van der Waals surface area contributed by atoms with Gasteiger partial charge in [0.2, 0.25) is 0 Å². The zero-order valence-electron chi connectivity index (χ0n) is 11.1. The number of alkyl halides is 3. The van der Waals surface area contributed by atoms with Gasteiger partial charge in [-0.25, -0.2) is 0 Å². The van der Waals surface area contributed by atoms with Crippen molar-refractivity contribution in [3.05, 3.63) is 54.0 Å². The Bertz CT molecular complexity index is 669. The van der Waals surface area contributed by atoms with Gasteiger partial charge >= 0.3 is 6.18 Å². The molecular formula is C14H11F3N2O2S. The molecule has 1 amide bonds. The number of nitrogens with one attached hydrogen (secondary N) is 2. The normalized spacial score (nSPS) is 11.0. The summed E-state index contributed by atoms with van der Waals surface area (Å²) in [6.45, 7) is 0.210. The third kappa shape index (κ3) is 4.32. The molecular weight excluding hydrogens is 317 g/mol. The predicted molar refractivity (Wildman–Crippen MR) is 78.2 cm³/mol. The number of rotatable bonds is 3. The Morgan fingerprint density at radius 1 is 1.23 bits per heavy atom. The number of thiocarbonyl (C=S) groups is 1. The second kappa shape index (κ2) is 6.61. The van der Waals surface area contributed by atoms with Crippen LogP contribution >= 0.6 is 12.2 Å². The second-order valence-electron chi connectivity index (χ2n) is 4.29. The Hall–Kier alpha value is -2.35. The van der Waals surface area contributed by atoms with Crippen molar-refractivity contribution in [2.24, 2.45) is 0 Å². The van der Waals surface area contributed by atoms with Crippen LogP contribution in [-0.2, 0) is 17.5 Å². The summed E-state index contributed by atoms with van der Waals surface area (Å²) < 4.78 is 42.8. The number of hydrogen-bond acceptors (Lipinski definition) is 3. The van der Waals surface area contributed by atoms with Gasteiger partial charge < -0.3 is 15.1 Å². The average Bonchev–Trinajstić information content (AvgIpc) is 2.97. The fraction of sp³-hybridized carbons (Fsp3) is 0.143. The van der Waals surface area contributed by atoms with E-state index in [0.29, 0.717) is 5.76 Å². The summed E-state index contributed by atoms with van der Waals surface area (Å²) in [5.41, 5.74) is -0.832. The van der Waals surface area contributed by atoms with E-state index in [2.05, 4.69) is 10.6 Å². The van der Waals surface area contributed by atoms with Crippen LogP contribution in [0.5, 0.6) is 0 Å². The lowest BCUT2D eigenvalue weighted by atomic mass is 10.2. The van der Waals surface area contributed by atoms with Gasteiger partial charge in [-0.3, -0.25) is 4.79 Å². The fourth-order valence-electron chi connectivity index (χ4n) is 1.62. The van der Waals surface area contributed by atoms with Crippen molar-refractivity contribution < 1.29 is 22.4 Å². The molecule has 1 aromatic heterocycles. The lowest BCUT2D eigenvalue weighted by Gasteiger charge is -2.10. The van der Waals surface area contributed by atoms with Crippen LogP contribution in [0.1, 0.15) is 11.3 Å². The zero-order chi connectivity index (χ0) is 16.2. The minimum atomic E-state index is -4.47. The zero-order valence-corrected chi connectivity index (χ0v) is 11.9. The van der Waals surface area contributed by atoms with E-state index in [9.17, 15) is 18.0 Å². The van der Waals surface area contributed by atoms with E-state index in [1.165, 1.54) is 18.4 Å². The Labute approximate surface area is 129 Å². The largest absolute Gasteiger partial charge is 0.467 e. The number of halogens is 3. The standard InChI is InChI=1S/C14H11F3N2O2S/c15-14(16,17)9-3-1-4-10(7-9)19-12(20)13(22)18-8-11-5-2-6-21-11/h1-7H,8H2,(H,18,22)(H,19,20). The van der Waals surface area contributed by atoms with Crippen molar-refractivity contribution in [2.75, 3.05) is 5.32 Å². The molecule has 0 bridgehead atoms. The highest BCUT2D eigenvalue weighted by Gasteiger charge is 2.30. The van der Waals surface area contributed by atoms with Crippen LogP contribution in [0.4, 0.5) is 18.9 Å². The molecule has 2 N–H and O–H groups in total. The van der Waals surface area contributed by atoms with Crippen LogP contribution in [-0.4, -0.2) is 10.9 Å². The molecule has 22 heavy (non-hydrogen) atoms. The van der Waals surface area contributed by atoms with E-state index in [4.69, 9.17) is 16.6 Å². The summed E-state index contributed by atoms with van der Waals surface area (Å²) in [5.74, 6) is -0.116. The first-order valence-corrected chi connectivity index (χ1v) is 6.56. The number of anilines is 1. The van der Waals surface area contributed by atoms with Gasteiger partial charge in [0.15, 0.2) is 4.99 Å². The van der Waals surface area contributed by atoms with Gasteiger partial charge in [0.1, 0.15) is 5.76 Å². The van der Waals surface area contributed by atoms with E-state index in [1.807, 2.05) is 0 Å². The van der Waals surface area contributed by atoms with E-state index < -0.39 is 17.6 Å². The molecule has 116 valence electrons. The lowest BCUT2D eigenvalue weighted by Crippen LogP contribution is -2.33. The first kappa shape index (κ1) is 16.0. The first-order valence-electron chi connectivity index (χ1n) is 6.15. The third-order valence-electron chi connectivity index (χ3n) is 2.66. The molecule has 0 spiro atoms. The van der Waals surface area contributed by atoms with Crippen LogP contribution in [0.25, 0.3) is 0 Å². The van der Waals surface area contributed by atoms with Gasteiger partial charge in [-0.1, -0.05) is 18.3 Å². The molecule has 8 heteroatoms. The van der Waals surface area contributed by atoms with Gasteiger partial charge in [-0.2, -0.15) is 13.2 Å². The number of furan rings is 1. The first-order chi connectivity index (χ1) is 10.4. The molecule has 2 rings (SSSR count). The van der Waals surface area contributed by atoms with Crippen molar-refractivity contribution in [3.8, 4) is 0 Å². The number of carbonyl (C=O) groups excluding carboxylic acids is 1. The van der Waals surface area contributed by atoms with Gasteiger partial charge in [0.25, 0.3) is 5.91 Å². The van der Waals surface area contributed by atoms with Crippen molar-refractivity contribution in [1.29, 1.82) is 0 Å². The summed E-state index contributed by atoms with van der Waals surface area (Å²) >= 11 is 4.87. The minimum Gasteiger partial charge on any atom is -0.467 e. The number of carbonyl (C=O) groups is 1. The Balaban J connectivity index is 1.95. The molecule has 0 aliphatic carbocycles. The molecule has 1 heterocycles. The quantitative estimate of drug-likeness (QED) is 0.849. The summed E-state index contributed by atoms with van der Waals surface area (Å²) in [6, 6.07) is 7.69. The summed E-state index contributed by atoms with van der Waals surface area (Å²) in [6.07, 6.45) is -3.00. The van der Waals surface area contributed by atoms with Gasteiger partial charge in [-0.05, 0) is 30.3 Å². The molecule has 0 atom stereocenters. The maximum absolute atomic E-state index is 12.6. The molecule has 1 aromatic carbocycles. The number of benzene rings is 1. The van der Waals surface area contributed by atoms with Gasteiger partial charge in [-0.15, -0.1) is 0 Å². The molecule has 2 aromatic rings. The topological polar surface area (TPSA) is 54.3 Å². The highest BCUT2D eigenvalue weighted by atomic mass is 32.1. The Morgan fingerprint density at radius 3 is 2.64 bits per heavy atom. The second-order valence-corrected chi connectivity index (χ2v) is 4.70. The molecule has 0 saturated carbocycles. The highest BCUT2D eigenvalue weighted by molar-refractivity contribution is 7.82. The average molecular weight is 328 g/mol. The Kier molecular flexibility index (Phi) is 4.81. The minimum absolute atomic E-state index is 0.0157. The maximum atomic E-state index is 12.6. The fourth-order valence-corrected chi connectivity index (χ4v) is 1.75. The van der Waals surface area contributed by atoms with E-state index >= 15 is 0 Å². The molecule has 0 fully saturated rings. The number of hydrogen-bond donors (Lipinski definition) is 2. The smallest absolute Gasteiger partial charge is 0.416 e. The van der Waals surface area contributed by atoms with E-state index in [-0.39, 0.29) is 17.2 Å². The maximum Gasteiger partial charge on any atom is 0.416 e.